The second kappa shape index (κ2) is 5.41. The fourth-order valence-corrected chi connectivity index (χ4v) is 4.76. The van der Waals surface area contributed by atoms with Crippen molar-refractivity contribution in [1.82, 2.24) is 5.43 Å². The highest BCUT2D eigenvalue weighted by Gasteiger charge is 2.60. The van der Waals surface area contributed by atoms with Crippen LogP contribution in [0.4, 0.5) is 0 Å². The van der Waals surface area contributed by atoms with Gasteiger partial charge in [0.15, 0.2) is 9.84 Å². The number of rotatable bonds is 3. The van der Waals surface area contributed by atoms with Crippen LogP contribution in [-0.2, 0) is 9.84 Å². The molecule has 1 aromatic rings. The fraction of sp³-hybridized carbons (Fsp3) is 0.556. The Hall–Kier alpha value is -1.69. The Morgan fingerprint density at radius 1 is 1.21 bits per heavy atom. The first-order chi connectivity index (χ1) is 11.1. The highest BCUT2D eigenvalue weighted by atomic mass is 32.2. The predicted octanol–water partition coefficient (Wildman–Crippen LogP) is 3.02. The quantitative estimate of drug-likeness (QED) is 0.853. The van der Waals surface area contributed by atoms with Gasteiger partial charge in [0.2, 0.25) is 0 Å². The van der Waals surface area contributed by atoms with E-state index in [2.05, 4.69) is 31.3 Å². The molecule has 6 heteroatoms. The van der Waals surface area contributed by atoms with E-state index in [9.17, 15) is 13.2 Å². The number of amides is 1. The zero-order valence-electron chi connectivity index (χ0n) is 14.6. The standard InChI is InChI=1S/C18H24N2O3S/c1-17(2)13-9-10-18(17,3)15(11-13)19-20-16(21)12-5-7-14(8-6-12)24(4,22)23/h5-8,13H,9-11H2,1-4H3,(H,20,21)/b19-15+/t13-,18+/m0/s1. The first-order valence-electron chi connectivity index (χ1n) is 8.23. The van der Waals surface area contributed by atoms with Gasteiger partial charge in [-0.25, -0.2) is 13.8 Å². The molecule has 2 fully saturated rings. The van der Waals surface area contributed by atoms with E-state index in [0.29, 0.717) is 11.5 Å². The van der Waals surface area contributed by atoms with Crippen LogP contribution in [0, 0.1) is 16.7 Å². The molecular weight excluding hydrogens is 324 g/mol. The molecule has 2 aliphatic rings. The maximum absolute atomic E-state index is 12.3. The van der Waals surface area contributed by atoms with E-state index in [0.717, 1.165) is 24.8 Å². The summed E-state index contributed by atoms with van der Waals surface area (Å²) >= 11 is 0. The highest BCUT2D eigenvalue weighted by molar-refractivity contribution is 7.90. The summed E-state index contributed by atoms with van der Waals surface area (Å²) in [5, 5.41) is 4.42. The van der Waals surface area contributed by atoms with Crippen LogP contribution in [0.1, 0.15) is 50.4 Å². The minimum absolute atomic E-state index is 0.0467. The molecule has 0 heterocycles. The molecule has 0 radical (unpaired) electrons. The summed E-state index contributed by atoms with van der Waals surface area (Å²) < 4.78 is 22.9. The lowest BCUT2D eigenvalue weighted by atomic mass is 9.70. The summed E-state index contributed by atoms with van der Waals surface area (Å²) in [5.74, 6) is 0.318. The molecule has 3 rings (SSSR count). The molecule has 2 saturated carbocycles. The van der Waals surface area contributed by atoms with Gasteiger partial charge in [0.05, 0.1) is 4.90 Å². The maximum Gasteiger partial charge on any atom is 0.271 e. The maximum atomic E-state index is 12.3. The third kappa shape index (κ3) is 2.57. The lowest BCUT2D eigenvalue weighted by molar-refractivity contribution is 0.0953. The Morgan fingerprint density at radius 3 is 2.29 bits per heavy atom. The highest BCUT2D eigenvalue weighted by Crippen LogP contribution is 2.63. The number of hydrogen-bond acceptors (Lipinski definition) is 4. The Bertz CT molecular complexity index is 809. The number of nitrogens with zero attached hydrogens (tertiary/aromatic N) is 1. The topological polar surface area (TPSA) is 75.6 Å². The summed E-state index contributed by atoms with van der Waals surface area (Å²) in [6, 6.07) is 5.91. The van der Waals surface area contributed by atoms with E-state index >= 15 is 0 Å². The van der Waals surface area contributed by atoms with Crippen molar-refractivity contribution in [2.24, 2.45) is 21.8 Å². The van der Waals surface area contributed by atoms with Crippen LogP contribution in [0.5, 0.6) is 0 Å². The van der Waals surface area contributed by atoms with E-state index < -0.39 is 9.84 Å². The van der Waals surface area contributed by atoms with Crippen molar-refractivity contribution in [3.05, 3.63) is 29.8 Å². The Labute approximate surface area is 143 Å². The van der Waals surface area contributed by atoms with E-state index in [4.69, 9.17) is 0 Å². The van der Waals surface area contributed by atoms with Gasteiger partial charge in [0, 0.05) is 22.9 Å². The predicted molar refractivity (Wildman–Crippen MR) is 93.7 cm³/mol. The van der Waals surface area contributed by atoms with Crippen molar-refractivity contribution >= 4 is 21.5 Å². The molecule has 1 N–H and O–H groups in total. The summed E-state index contributed by atoms with van der Waals surface area (Å²) in [5.41, 5.74) is 4.39. The van der Waals surface area contributed by atoms with Crippen molar-refractivity contribution in [2.75, 3.05) is 6.26 Å². The zero-order valence-corrected chi connectivity index (χ0v) is 15.4. The fourth-order valence-electron chi connectivity index (χ4n) is 4.13. The average Bonchev–Trinajstić information content (AvgIpc) is 2.85. The number of fused-ring (bicyclic) bond motifs is 2. The third-order valence-corrected chi connectivity index (χ3v) is 7.48. The molecule has 2 bridgehead atoms. The van der Waals surface area contributed by atoms with E-state index in [1.54, 1.807) is 0 Å². The van der Waals surface area contributed by atoms with Crippen LogP contribution in [0.15, 0.2) is 34.3 Å². The lowest BCUT2D eigenvalue weighted by Gasteiger charge is -2.34. The lowest BCUT2D eigenvalue weighted by Crippen LogP contribution is -2.34. The van der Waals surface area contributed by atoms with Crippen molar-refractivity contribution in [3.8, 4) is 0 Å². The van der Waals surface area contributed by atoms with E-state index in [1.165, 1.54) is 30.7 Å². The second-order valence-corrected chi connectivity index (χ2v) is 9.81. The summed E-state index contributed by atoms with van der Waals surface area (Å²) in [6.45, 7) is 6.82. The number of carbonyl (C=O) groups is 1. The number of carbonyl (C=O) groups excluding carboxylic acids is 1. The van der Waals surface area contributed by atoms with Crippen molar-refractivity contribution < 1.29 is 13.2 Å². The van der Waals surface area contributed by atoms with Crippen molar-refractivity contribution in [3.63, 3.8) is 0 Å². The van der Waals surface area contributed by atoms with Gasteiger partial charge in [-0.2, -0.15) is 5.10 Å². The molecule has 0 aliphatic heterocycles. The molecule has 5 nitrogen and oxygen atoms in total. The van der Waals surface area contributed by atoms with Crippen LogP contribution >= 0.6 is 0 Å². The van der Waals surface area contributed by atoms with Crippen LogP contribution in [-0.4, -0.2) is 26.3 Å². The van der Waals surface area contributed by atoms with Gasteiger partial charge in [-0.15, -0.1) is 0 Å². The molecule has 2 aliphatic carbocycles. The van der Waals surface area contributed by atoms with Gasteiger partial charge in [-0.1, -0.05) is 20.8 Å². The number of nitrogens with one attached hydrogen (secondary N) is 1. The number of hydrazone groups is 1. The van der Waals surface area contributed by atoms with E-state index in [-0.39, 0.29) is 21.6 Å². The van der Waals surface area contributed by atoms with Gasteiger partial charge in [-0.05, 0) is 54.9 Å². The molecule has 0 spiro atoms. The first kappa shape index (κ1) is 17.1. The van der Waals surface area contributed by atoms with Crippen LogP contribution in [0.25, 0.3) is 0 Å². The smallest absolute Gasteiger partial charge is 0.267 e. The number of hydrogen-bond donors (Lipinski definition) is 1. The first-order valence-corrected chi connectivity index (χ1v) is 10.1. The summed E-state index contributed by atoms with van der Waals surface area (Å²) in [4.78, 5) is 12.5. The molecule has 2 atom stereocenters. The summed E-state index contributed by atoms with van der Waals surface area (Å²) in [7, 11) is -3.26. The third-order valence-electron chi connectivity index (χ3n) is 6.35. The van der Waals surface area contributed by atoms with Crippen molar-refractivity contribution in [2.45, 2.75) is 44.9 Å². The Balaban J connectivity index is 1.75. The zero-order chi connectivity index (χ0) is 17.8. The normalized spacial score (nSPS) is 29.8. The molecule has 0 saturated heterocycles. The van der Waals surface area contributed by atoms with Gasteiger partial charge in [0.25, 0.3) is 5.91 Å². The molecule has 1 aromatic carbocycles. The Morgan fingerprint density at radius 2 is 1.83 bits per heavy atom. The van der Waals surface area contributed by atoms with Gasteiger partial charge in [0.1, 0.15) is 0 Å². The number of benzene rings is 1. The second-order valence-electron chi connectivity index (χ2n) is 7.79. The summed E-state index contributed by atoms with van der Waals surface area (Å²) in [6.07, 6.45) is 4.42. The SMILES string of the molecule is CC1(C)[C@H]2CC[C@]1(C)/C(=N/NC(=O)c1ccc(S(C)(=O)=O)cc1)C2. The minimum Gasteiger partial charge on any atom is -0.267 e. The molecule has 0 aromatic heterocycles. The monoisotopic (exact) mass is 348 g/mol. The van der Waals surface area contributed by atoms with Gasteiger partial charge < -0.3 is 0 Å². The molecule has 130 valence electrons. The van der Waals surface area contributed by atoms with Gasteiger partial charge in [-0.3, -0.25) is 4.79 Å². The largest absolute Gasteiger partial charge is 0.271 e. The Kier molecular flexibility index (Phi) is 3.86. The van der Waals surface area contributed by atoms with Gasteiger partial charge >= 0.3 is 0 Å². The minimum atomic E-state index is -3.26. The molecule has 1 amide bonds. The average molecular weight is 348 g/mol. The van der Waals surface area contributed by atoms with Crippen LogP contribution < -0.4 is 5.43 Å². The van der Waals surface area contributed by atoms with E-state index in [1.807, 2.05) is 0 Å². The molecule has 0 unspecified atom stereocenters. The number of sulfone groups is 1. The van der Waals surface area contributed by atoms with Crippen LogP contribution in [0.3, 0.4) is 0 Å². The molecular formula is C18H24N2O3S. The molecule has 24 heavy (non-hydrogen) atoms. The van der Waals surface area contributed by atoms with Crippen molar-refractivity contribution in [1.29, 1.82) is 0 Å². The van der Waals surface area contributed by atoms with Crippen LogP contribution in [0.2, 0.25) is 0 Å².